The topological polar surface area (TPSA) is 62.5 Å². The molecule has 0 aliphatic heterocycles. The largest absolute Gasteiger partial charge is 0.391 e. The van der Waals surface area contributed by atoms with Crippen LogP contribution in [0.5, 0.6) is 0 Å². The summed E-state index contributed by atoms with van der Waals surface area (Å²) in [5, 5.41) is 10.2. The fourth-order valence-electron chi connectivity index (χ4n) is 3.27. The van der Waals surface area contributed by atoms with Crippen molar-refractivity contribution in [3.63, 3.8) is 0 Å². The molecule has 1 fully saturated rings. The highest BCUT2D eigenvalue weighted by Crippen LogP contribution is 2.37. The quantitative estimate of drug-likeness (QED) is 0.623. The fourth-order valence-corrected chi connectivity index (χ4v) is 3.27. The van der Waals surface area contributed by atoms with Crippen LogP contribution in [0.25, 0.3) is 0 Å². The average Bonchev–Trinajstić information content (AvgIpc) is 2.86. The van der Waals surface area contributed by atoms with Crippen LogP contribution in [0, 0.1) is 19.8 Å². The monoisotopic (exact) mass is 360 g/mol. The van der Waals surface area contributed by atoms with Gasteiger partial charge in [-0.15, -0.1) is 0 Å². The van der Waals surface area contributed by atoms with Gasteiger partial charge in [-0.25, -0.2) is 0 Å². The second kappa shape index (κ2) is 8.58. The van der Waals surface area contributed by atoms with Gasteiger partial charge in [0.1, 0.15) is 5.76 Å². The Labute approximate surface area is 146 Å². The lowest BCUT2D eigenvalue weighted by Gasteiger charge is -2.31. The molecule has 0 amide bonds. The molecule has 142 valence electrons. The predicted octanol–water partition coefficient (Wildman–Crippen LogP) is 3.51. The molecule has 1 aliphatic carbocycles. The summed E-state index contributed by atoms with van der Waals surface area (Å²) in [5.74, 6) is 0.136. The molecule has 1 heterocycles. The van der Waals surface area contributed by atoms with Crippen molar-refractivity contribution in [3.05, 3.63) is 17.0 Å². The van der Waals surface area contributed by atoms with E-state index in [-0.39, 0.29) is 18.9 Å². The Morgan fingerprint density at radius 1 is 1.32 bits per heavy atom. The van der Waals surface area contributed by atoms with Crippen molar-refractivity contribution in [2.24, 2.45) is 10.9 Å². The number of guanidine groups is 1. The van der Waals surface area contributed by atoms with Crippen molar-refractivity contribution >= 4 is 5.96 Å². The van der Waals surface area contributed by atoms with E-state index in [0.29, 0.717) is 31.9 Å². The number of hydrogen-bond donors (Lipinski definition) is 2. The van der Waals surface area contributed by atoms with Crippen LogP contribution in [-0.2, 0) is 6.42 Å². The zero-order valence-corrected chi connectivity index (χ0v) is 15.0. The molecule has 8 heteroatoms. The summed E-state index contributed by atoms with van der Waals surface area (Å²) in [5.41, 5.74) is 1.89. The van der Waals surface area contributed by atoms with E-state index in [4.69, 9.17) is 4.52 Å². The van der Waals surface area contributed by atoms with Gasteiger partial charge in [0.2, 0.25) is 0 Å². The Bertz CT molecular complexity index is 563. The molecule has 2 atom stereocenters. The Hall–Kier alpha value is -1.73. The highest BCUT2D eigenvalue weighted by Gasteiger charge is 2.42. The fraction of sp³-hybridized carbons (Fsp3) is 0.765. The molecule has 2 N–H and O–H groups in total. The van der Waals surface area contributed by atoms with Crippen LogP contribution in [0.1, 0.15) is 49.6 Å². The molecule has 0 bridgehead atoms. The van der Waals surface area contributed by atoms with E-state index in [1.807, 2.05) is 20.8 Å². The Balaban J connectivity index is 1.93. The van der Waals surface area contributed by atoms with Crippen molar-refractivity contribution in [1.82, 2.24) is 15.8 Å². The normalized spacial score (nSPS) is 22.1. The van der Waals surface area contributed by atoms with E-state index in [1.165, 1.54) is 0 Å². The summed E-state index contributed by atoms with van der Waals surface area (Å²) in [6.45, 7) is 6.87. The van der Waals surface area contributed by atoms with Crippen LogP contribution in [0.3, 0.4) is 0 Å². The molecular weight excluding hydrogens is 333 g/mol. The molecule has 1 aromatic rings. The minimum Gasteiger partial charge on any atom is -0.361 e. The molecule has 0 aromatic carbocycles. The molecule has 25 heavy (non-hydrogen) atoms. The van der Waals surface area contributed by atoms with Gasteiger partial charge in [0.05, 0.1) is 11.6 Å². The minimum absolute atomic E-state index is 0.109. The molecule has 0 spiro atoms. The molecule has 5 nitrogen and oxygen atoms in total. The van der Waals surface area contributed by atoms with Gasteiger partial charge >= 0.3 is 6.18 Å². The van der Waals surface area contributed by atoms with E-state index < -0.39 is 12.1 Å². The van der Waals surface area contributed by atoms with Crippen LogP contribution < -0.4 is 10.6 Å². The number of hydrogen-bond acceptors (Lipinski definition) is 3. The molecule has 2 unspecified atom stereocenters. The summed E-state index contributed by atoms with van der Waals surface area (Å²) >= 11 is 0. The smallest absolute Gasteiger partial charge is 0.361 e. The third kappa shape index (κ3) is 5.64. The molecule has 1 aliphatic rings. The lowest BCUT2D eigenvalue weighted by Crippen LogP contribution is -2.46. The number of rotatable bonds is 5. The van der Waals surface area contributed by atoms with Gasteiger partial charge in [-0.3, -0.25) is 4.99 Å². The van der Waals surface area contributed by atoms with Crippen LogP contribution in [0.15, 0.2) is 9.52 Å². The number of aromatic nitrogens is 1. The number of nitrogens with one attached hydrogen (secondary N) is 2. The van der Waals surface area contributed by atoms with Crippen molar-refractivity contribution in [2.75, 3.05) is 13.1 Å². The molecule has 2 rings (SSSR count). The third-order valence-electron chi connectivity index (χ3n) is 4.64. The number of aryl methyl sites for hydroxylation is 2. The minimum atomic E-state index is -4.11. The second-order valence-corrected chi connectivity index (χ2v) is 6.56. The van der Waals surface area contributed by atoms with Gasteiger partial charge in [-0.1, -0.05) is 11.6 Å². The summed E-state index contributed by atoms with van der Waals surface area (Å²) in [4.78, 5) is 4.50. The molecule has 0 saturated heterocycles. The third-order valence-corrected chi connectivity index (χ3v) is 4.64. The first-order chi connectivity index (χ1) is 11.8. The summed E-state index contributed by atoms with van der Waals surface area (Å²) < 4.78 is 44.0. The van der Waals surface area contributed by atoms with Crippen molar-refractivity contribution in [3.8, 4) is 0 Å². The molecular formula is C17H27F3N4O. The van der Waals surface area contributed by atoms with Crippen LogP contribution in [0.2, 0.25) is 0 Å². The Morgan fingerprint density at radius 3 is 2.68 bits per heavy atom. The van der Waals surface area contributed by atoms with Crippen LogP contribution >= 0.6 is 0 Å². The maximum atomic E-state index is 12.9. The van der Waals surface area contributed by atoms with Gasteiger partial charge in [-0.05, 0) is 46.5 Å². The van der Waals surface area contributed by atoms with E-state index in [9.17, 15) is 13.2 Å². The summed E-state index contributed by atoms with van der Waals surface area (Å²) in [6.07, 6.45) is -1.77. The van der Waals surface area contributed by atoms with Gasteiger partial charge in [0, 0.05) is 24.7 Å². The highest BCUT2D eigenvalue weighted by atomic mass is 19.4. The first kappa shape index (κ1) is 19.6. The van der Waals surface area contributed by atoms with Crippen LogP contribution in [0.4, 0.5) is 13.2 Å². The zero-order chi connectivity index (χ0) is 18.4. The number of halogens is 3. The van der Waals surface area contributed by atoms with Gasteiger partial charge < -0.3 is 15.2 Å². The average molecular weight is 360 g/mol. The van der Waals surface area contributed by atoms with Gasteiger partial charge in [-0.2, -0.15) is 13.2 Å². The number of alkyl halides is 3. The van der Waals surface area contributed by atoms with Gasteiger partial charge in [0.25, 0.3) is 0 Å². The van der Waals surface area contributed by atoms with Crippen molar-refractivity contribution < 1.29 is 17.7 Å². The first-order valence-electron chi connectivity index (χ1n) is 8.84. The standard InChI is InChI=1S/C17H27F3N4O/c1-4-21-16(22-9-8-15-11(2)24-25-12(15)3)23-14-7-5-6-13(10-14)17(18,19)20/h13-14H,4-10H2,1-3H3,(H2,21,22,23). The number of nitrogens with zero attached hydrogens (tertiary/aromatic N) is 2. The summed E-state index contributed by atoms with van der Waals surface area (Å²) in [7, 11) is 0. The van der Waals surface area contributed by atoms with Crippen molar-refractivity contribution in [2.45, 2.75) is 65.1 Å². The predicted molar refractivity (Wildman–Crippen MR) is 90.6 cm³/mol. The first-order valence-corrected chi connectivity index (χ1v) is 8.84. The molecule has 1 saturated carbocycles. The lowest BCUT2D eigenvalue weighted by molar-refractivity contribution is -0.183. The zero-order valence-electron chi connectivity index (χ0n) is 15.0. The van der Waals surface area contributed by atoms with E-state index >= 15 is 0 Å². The van der Waals surface area contributed by atoms with Crippen molar-refractivity contribution in [1.29, 1.82) is 0 Å². The maximum absolute atomic E-state index is 12.9. The van der Waals surface area contributed by atoms with E-state index in [2.05, 4.69) is 20.8 Å². The second-order valence-electron chi connectivity index (χ2n) is 6.56. The van der Waals surface area contributed by atoms with E-state index in [0.717, 1.165) is 23.4 Å². The molecule has 1 aromatic heterocycles. The SMILES string of the molecule is CCNC(=NCCc1c(C)noc1C)NC1CCCC(C(F)(F)F)C1. The van der Waals surface area contributed by atoms with E-state index in [1.54, 1.807) is 0 Å². The number of aliphatic imine (C=N–C) groups is 1. The van der Waals surface area contributed by atoms with Gasteiger partial charge in [0.15, 0.2) is 5.96 Å². The Kier molecular flexibility index (Phi) is 6.72. The molecule has 0 radical (unpaired) electrons. The lowest BCUT2D eigenvalue weighted by atomic mass is 9.85. The van der Waals surface area contributed by atoms with Crippen LogP contribution in [-0.4, -0.2) is 36.4 Å². The Morgan fingerprint density at radius 2 is 2.08 bits per heavy atom. The maximum Gasteiger partial charge on any atom is 0.391 e. The highest BCUT2D eigenvalue weighted by molar-refractivity contribution is 5.80. The summed E-state index contributed by atoms with van der Waals surface area (Å²) in [6, 6.07) is -0.197.